The minimum absolute atomic E-state index is 0.0299. The monoisotopic (exact) mass is 417 g/mol. The molecule has 6 heteroatoms. The molecule has 0 amide bonds. The van der Waals surface area contributed by atoms with E-state index in [0.717, 1.165) is 30.0 Å². The lowest BCUT2D eigenvalue weighted by Crippen LogP contribution is -2.08. The predicted molar refractivity (Wildman–Crippen MR) is 118 cm³/mol. The third-order valence-corrected chi connectivity index (χ3v) is 5.56. The quantitative estimate of drug-likeness (QED) is 0.391. The lowest BCUT2D eigenvalue weighted by atomic mass is 10.1. The summed E-state index contributed by atoms with van der Waals surface area (Å²) in [5.41, 5.74) is 1.83. The Kier molecular flexibility index (Phi) is 8.41. The zero-order valence-electron chi connectivity index (χ0n) is 17.6. The minimum Gasteiger partial charge on any atom is -0.494 e. The van der Waals surface area contributed by atoms with Crippen LogP contribution >= 0.6 is 11.6 Å². The van der Waals surface area contributed by atoms with Gasteiger partial charge in [-0.3, -0.25) is 4.68 Å². The van der Waals surface area contributed by atoms with E-state index in [4.69, 9.17) is 21.1 Å². The average Bonchev–Trinajstić information content (AvgIpc) is 3.33. The van der Waals surface area contributed by atoms with Crippen LogP contribution in [0.2, 0.25) is 5.02 Å². The molecule has 0 bridgehead atoms. The fraction of sp³-hybridized carbons (Fsp3) is 0.565. The number of nitrogens with zero attached hydrogens (tertiary/aromatic N) is 3. The molecule has 0 N–H and O–H groups in total. The van der Waals surface area contributed by atoms with Crippen LogP contribution in [0.25, 0.3) is 0 Å². The molecule has 1 aliphatic rings. The van der Waals surface area contributed by atoms with Crippen LogP contribution in [0.1, 0.15) is 75.6 Å². The lowest BCUT2D eigenvalue weighted by Gasteiger charge is -2.09. The second-order valence-corrected chi connectivity index (χ2v) is 8.03. The number of halogens is 1. The first-order valence-electron chi connectivity index (χ1n) is 10.8. The number of hydrogen-bond donors (Lipinski definition) is 0. The van der Waals surface area contributed by atoms with Crippen LogP contribution < -0.4 is 4.74 Å². The van der Waals surface area contributed by atoms with Gasteiger partial charge in [-0.05, 0) is 24.1 Å². The molecule has 0 radical (unpaired) electrons. The molecule has 0 aliphatic carbocycles. The van der Waals surface area contributed by atoms with Gasteiger partial charge in [-0.2, -0.15) is 5.10 Å². The summed E-state index contributed by atoms with van der Waals surface area (Å²) >= 11 is 6.19. The fourth-order valence-corrected chi connectivity index (χ4v) is 3.78. The normalized spacial score (nSPS) is 16.0. The molecule has 29 heavy (non-hydrogen) atoms. The largest absolute Gasteiger partial charge is 0.494 e. The van der Waals surface area contributed by atoms with E-state index < -0.39 is 0 Å². The van der Waals surface area contributed by atoms with E-state index in [9.17, 15) is 0 Å². The van der Waals surface area contributed by atoms with Gasteiger partial charge < -0.3 is 9.47 Å². The zero-order valence-corrected chi connectivity index (χ0v) is 18.3. The van der Waals surface area contributed by atoms with Crippen LogP contribution in [0, 0.1) is 0 Å². The van der Waals surface area contributed by atoms with E-state index in [0.29, 0.717) is 17.5 Å². The summed E-state index contributed by atoms with van der Waals surface area (Å²) in [6, 6.07) is 8.13. The highest BCUT2D eigenvalue weighted by atomic mass is 35.5. The van der Waals surface area contributed by atoms with Crippen LogP contribution in [0.5, 0.6) is 5.75 Å². The first-order chi connectivity index (χ1) is 14.2. The molecule has 0 spiro atoms. The molecule has 0 saturated heterocycles. The minimum atomic E-state index is -0.0299. The fourth-order valence-electron chi connectivity index (χ4n) is 3.54. The van der Waals surface area contributed by atoms with Crippen molar-refractivity contribution in [1.82, 2.24) is 9.78 Å². The molecule has 2 aromatic rings. The van der Waals surface area contributed by atoms with Gasteiger partial charge in [0.2, 0.25) is 5.90 Å². The number of aromatic nitrogens is 2. The van der Waals surface area contributed by atoms with Crippen molar-refractivity contribution in [1.29, 1.82) is 0 Å². The third kappa shape index (κ3) is 6.23. The molecule has 158 valence electrons. The average molecular weight is 418 g/mol. The first kappa shape index (κ1) is 21.7. The van der Waals surface area contributed by atoms with Crippen LogP contribution in [0.15, 0.2) is 35.5 Å². The summed E-state index contributed by atoms with van der Waals surface area (Å²) < 4.78 is 13.3. The summed E-state index contributed by atoms with van der Waals surface area (Å²) in [5, 5.41) is 4.69. The molecule has 0 saturated carbocycles. The van der Waals surface area contributed by atoms with Crippen molar-refractivity contribution in [2.75, 3.05) is 13.2 Å². The zero-order chi connectivity index (χ0) is 20.5. The Balaban J connectivity index is 1.40. The Hall–Kier alpha value is -2.01. The second kappa shape index (κ2) is 11.2. The lowest BCUT2D eigenvalue weighted by molar-refractivity contribution is 0.303. The Morgan fingerprint density at radius 1 is 1.07 bits per heavy atom. The van der Waals surface area contributed by atoms with Gasteiger partial charge in [-0.25, -0.2) is 4.99 Å². The van der Waals surface area contributed by atoms with Crippen LogP contribution in [0.4, 0.5) is 0 Å². The van der Waals surface area contributed by atoms with Crippen molar-refractivity contribution >= 4 is 17.5 Å². The van der Waals surface area contributed by atoms with Gasteiger partial charge in [-0.1, -0.05) is 75.6 Å². The highest BCUT2D eigenvalue weighted by Crippen LogP contribution is 2.28. The Morgan fingerprint density at radius 2 is 1.76 bits per heavy atom. The Bertz CT molecular complexity index is 766. The standard InChI is InChI=1S/C23H32ClN3O2/c1-3-4-5-6-7-8-9-10-15-28-19-13-11-18(12-14-19)21-17-29-23(26-21)22-20(24)16-25-27(22)2/h11-14,16,21H,3-10,15,17H2,1-2H3. The van der Waals surface area contributed by atoms with Crippen molar-refractivity contribution < 1.29 is 9.47 Å². The molecule has 1 aliphatic heterocycles. The van der Waals surface area contributed by atoms with Crippen molar-refractivity contribution in [3.63, 3.8) is 0 Å². The number of unbranched alkanes of at least 4 members (excludes halogenated alkanes) is 7. The molecule has 1 aromatic carbocycles. The predicted octanol–water partition coefficient (Wildman–Crippen LogP) is 6.11. The van der Waals surface area contributed by atoms with Gasteiger partial charge in [-0.15, -0.1) is 0 Å². The van der Waals surface area contributed by atoms with Gasteiger partial charge in [0.05, 0.1) is 17.8 Å². The molecule has 1 unspecified atom stereocenters. The number of rotatable bonds is 12. The number of hydrogen-bond acceptors (Lipinski definition) is 4. The summed E-state index contributed by atoms with van der Waals surface area (Å²) in [6.07, 6.45) is 12.1. The molecular formula is C23H32ClN3O2. The highest BCUT2D eigenvalue weighted by molar-refractivity contribution is 6.33. The van der Waals surface area contributed by atoms with E-state index in [1.54, 1.807) is 10.9 Å². The molecule has 1 aromatic heterocycles. The van der Waals surface area contributed by atoms with Crippen LogP contribution in [-0.2, 0) is 11.8 Å². The van der Waals surface area contributed by atoms with Gasteiger partial charge in [0.25, 0.3) is 0 Å². The Morgan fingerprint density at radius 3 is 2.41 bits per heavy atom. The van der Waals surface area contributed by atoms with E-state index >= 15 is 0 Å². The smallest absolute Gasteiger partial charge is 0.237 e. The number of aryl methyl sites for hydroxylation is 1. The maximum Gasteiger partial charge on any atom is 0.237 e. The van der Waals surface area contributed by atoms with E-state index in [-0.39, 0.29) is 6.04 Å². The third-order valence-electron chi connectivity index (χ3n) is 5.28. The van der Waals surface area contributed by atoms with E-state index in [1.165, 1.54) is 44.9 Å². The number of aliphatic imine (C=N–C) groups is 1. The maximum absolute atomic E-state index is 6.19. The molecule has 2 heterocycles. The molecule has 0 fully saturated rings. The van der Waals surface area contributed by atoms with Crippen molar-refractivity contribution in [3.05, 3.63) is 46.7 Å². The molecular weight excluding hydrogens is 386 g/mol. The molecule has 3 rings (SSSR count). The first-order valence-corrected chi connectivity index (χ1v) is 11.2. The summed E-state index contributed by atoms with van der Waals surface area (Å²) in [6.45, 7) is 3.55. The molecule has 1 atom stereocenters. The summed E-state index contributed by atoms with van der Waals surface area (Å²) in [4.78, 5) is 4.68. The van der Waals surface area contributed by atoms with Crippen LogP contribution in [0.3, 0.4) is 0 Å². The van der Waals surface area contributed by atoms with E-state index in [2.05, 4.69) is 29.1 Å². The van der Waals surface area contributed by atoms with Crippen molar-refractivity contribution in [2.24, 2.45) is 12.0 Å². The van der Waals surface area contributed by atoms with Crippen molar-refractivity contribution in [3.8, 4) is 5.75 Å². The van der Waals surface area contributed by atoms with E-state index in [1.807, 2.05) is 19.2 Å². The highest BCUT2D eigenvalue weighted by Gasteiger charge is 2.25. The van der Waals surface area contributed by atoms with Gasteiger partial charge in [0, 0.05) is 7.05 Å². The topological polar surface area (TPSA) is 48.6 Å². The SMILES string of the molecule is CCCCCCCCCCOc1ccc(C2COC(c3c(Cl)cnn3C)=N2)cc1. The number of ether oxygens (including phenoxy) is 2. The summed E-state index contributed by atoms with van der Waals surface area (Å²) in [7, 11) is 1.83. The van der Waals surface area contributed by atoms with Gasteiger partial charge in [0.1, 0.15) is 24.1 Å². The second-order valence-electron chi connectivity index (χ2n) is 7.62. The maximum atomic E-state index is 6.19. The van der Waals surface area contributed by atoms with Crippen molar-refractivity contribution in [2.45, 2.75) is 64.3 Å². The summed E-state index contributed by atoms with van der Waals surface area (Å²) in [5.74, 6) is 1.46. The number of benzene rings is 1. The van der Waals surface area contributed by atoms with Crippen LogP contribution in [-0.4, -0.2) is 28.9 Å². The molecule has 5 nitrogen and oxygen atoms in total. The Labute approximate surface area is 179 Å². The van der Waals surface area contributed by atoms with Gasteiger partial charge in [0.15, 0.2) is 0 Å². The van der Waals surface area contributed by atoms with Gasteiger partial charge >= 0.3 is 0 Å².